The zero-order valence-electron chi connectivity index (χ0n) is 11.3. The van der Waals surface area contributed by atoms with Crippen molar-refractivity contribution in [1.29, 1.82) is 0 Å². The van der Waals surface area contributed by atoms with Crippen LogP contribution in [0.3, 0.4) is 0 Å². The highest BCUT2D eigenvalue weighted by Gasteiger charge is 2.07. The number of H-pyrrole nitrogens is 1. The van der Waals surface area contributed by atoms with E-state index in [1.54, 1.807) is 24.1 Å². The molecule has 0 spiro atoms. The zero-order chi connectivity index (χ0) is 13.8. The van der Waals surface area contributed by atoms with Gasteiger partial charge in [-0.25, -0.2) is 0 Å². The highest BCUT2D eigenvalue weighted by Crippen LogP contribution is 2.12. The molecule has 7 heteroatoms. The van der Waals surface area contributed by atoms with Crippen LogP contribution in [0.2, 0.25) is 0 Å². The van der Waals surface area contributed by atoms with Gasteiger partial charge in [0.15, 0.2) is 0 Å². The second kappa shape index (κ2) is 5.55. The van der Waals surface area contributed by atoms with Gasteiger partial charge < -0.3 is 10.6 Å². The average molecular weight is 262 g/mol. The SMILES string of the molecule is CNC(=O)Cn1cc(NCc2c(C)n[nH]c2C)cn1. The fraction of sp³-hybridized carbons (Fsp3) is 0.417. The summed E-state index contributed by atoms with van der Waals surface area (Å²) in [5.74, 6) is -0.0730. The average Bonchev–Trinajstić information content (AvgIpc) is 2.95. The van der Waals surface area contributed by atoms with Crippen molar-refractivity contribution in [1.82, 2.24) is 25.3 Å². The third-order valence-corrected chi connectivity index (χ3v) is 2.97. The van der Waals surface area contributed by atoms with Crippen molar-refractivity contribution >= 4 is 11.6 Å². The molecule has 2 aromatic rings. The largest absolute Gasteiger partial charge is 0.378 e. The lowest BCUT2D eigenvalue weighted by Gasteiger charge is -2.03. The van der Waals surface area contributed by atoms with Crippen LogP contribution in [0.5, 0.6) is 0 Å². The number of aromatic amines is 1. The van der Waals surface area contributed by atoms with Crippen molar-refractivity contribution in [2.75, 3.05) is 12.4 Å². The maximum absolute atomic E-state index is 11.2. The number of nitrogens with zero attached hydrogens (tertiary/aromatic N) is 3. The monoisotopic (exact) mass is 262 g/mol. The smallest absolute Gasteiger partial charge is 0.241 e. The zero-order valence-corrected chi connectivity index (χ0v) is 11.3. The topological polar surface area (TPSA) is 87.6 Å². The van der Waals surface area contributed by atoms with E-state index in [0.717, 1.165) is 22.6 Å². The summed E-state index contributed by atoms with van der Waals surface area (Å²) in [6.07, 6.45) is 3.51. The lowest BCUT2D eigenvalue weighted by atomic mass is 10.2. The Kier molecular flexibility index (Phi) is 3.84. The Morgan fingerprint density at radius 3 is 2.89 bits per heavy atom. The summed E-state index contributed by atoms with van der Waals surface area (Å²) >= 11 is 0. The fourth-order valence-electron chi connectivity index (χ4n) is 1.79. The second-order valence-electron chi connectivity index (χ2n) is 4.37. The number of nitrogens with one attached hydrogen (secondary N) is 3. The Bertz CT molecular complexity index is 551. The second-order valence-corrected chi connectivity index (χ2v) is 4.37. The van der Waals surface area contributed by atoms with E-state index in [9.17, 15) is 4.79 Å². The molecule has 0 unspecified atom stereocenters. The maximum atomic E-state index is 11.2. The third kappa shape index (κ3) is 3.12. The van der Waals surface area contributed by atoms with E-state index >= 15 is 0 Å². The van der Waals surface area contributed by atoms with E-state index < -0.39 is 0 Å². The summed E-state index contributed by atoms with van der Waals surface area (Å²) < 4.78 is 1.59. The lowest BCUT2D eigenvalue weighted by Crippen LogP contribution is -2.23. The number of carbonyl (C=O) groups is 1. The first kappa shape index (κ1) is 13.1. The Labute approximate surface area is 111 Å². The van der Waals surface area contributed by atoms with Gasteiger partial charge in [-0.3, -0.25) is 14.6 Å². The molecule has 102 valence electrons. The predicted octanol–water partition coefficient (Wildman–Crippen LogP) is 0.581. The van der Waals surface area contributed by atoms with Crippen LogP contribution in [0, 0.1) is 13.8 Å². The minimum Gasteiger partial charge on any atom is -0.378 e. The summed E-state index contributed by atoms with van der Waals surface area (Å²) in [6, 6.07) is 0. The number of amides is 1. The summed E-state index contributed by atoms with van der Waals surface area (Å²) in [6.45, 7) is 4.86. The van der Waals surface area contributed by atoms with Crippen LogP contribution in [-0.2, 0) is 17.9 Å². The molecule has 0 saturated heterocycles. The normalized spacial score (nSPS) is 10.5. The first-order valence-electron chi connectivity index (χ1n) is 6.07. The van der Waals surface area contributed by atoms with Crippen molar-refractivity contribution in [3.05, 3.63) is 29.3 Å². The molecule has 0 fully saturated rings. The molecule has 0 saturated carbocycles. The standard InChI is InChI=1S/C12H18N6O/c1-8-11(9(2)17-16-8)5-14-10-4-15-18(6-10)7-12(19)13-3/h4,6,14H,5,7H2,1-3H3,(H,13,19)(H,16,17). The summed E-state index contributed by atoms with van der Waals surface area (Å²) in [5.41, 5.74) is 4.08. The molecule has 0 aliphatic carbocycles. The number of carbonyl (C=O) groups excluding carboxylic acids is 1. The van der Waals surface area contributed by atoms with Gasteiger partial charge in [-0.15, -0.1) is 0 Å². The van der Waals surface area contributed by atoms with Crippen LogP contribution in [0.15, 0.2) is 12.4 Å². The van der Waals surface area contributed by atoms with Gasteiger partial charge >= 0.3 is 0 Å². The van der Waals surface area contributed by atoms with E-state index in [1.807, 2.05) is 13.8 Å². The molecule has 3 N–H and O–H groups in total. The molecule has 19 heavy (non-hydrogen) atoms. The minimum absolute atomic E-state index is 0.0730. The molecule has 2 aromatic heterocycles. The van der Waals surface area contributed by atoms with Gasteiger partial charge in [-0.1, -0.05) is 0 Å². The van der Waals surface area contributed by atoms with Crippen LogP contribution >= 0.6 is 0 Å². The van der Waals surface area contributed by atoms with Gasteiger partial charge in [-0.2, -0.15) is 10.2 Å². The van der Waals surface area contributed by atoms with Gasteiger partial charge in [0.25, 0.3) is 0 Å². The molecule has 0 aliphatic rings. The van der Waals surface area contributed by atoms with Gasteiger partial charge in [0.2, 0.25) is 5.91 Å². The molecular weight excluding hydrogens is 244 g/mol. The first-order chi connectivity index (χ1) is 9.10. The van der Waals surface area contributed by atoms with E-state index in [2.05, 4.69) is 25.9 Å². The summed E-state index contributed by atoms with van der Waals surface area (Å²) in [7, 11) is 1.61. The first-order valence-corrected chi connectivity index (χ1v) is 6.07. The molecule has 7 nitrogen and oxygen atoms in total. The number of aryl methyl sites for hydroxylation is 2. The van der Waals surface area contributed by atoms with Crippen LogP contribution in [0.1, 0.15) is 17.0 Å². The summed E-state index contributed by atoms with van der Waals surface area (Å²) in [4.78, 5) is 11.2. The Morgan fingerprint density at radius 1 is 1.47 bits per heavy atom. The molecule has 2 rings (SSSR count). The van der Waals surface area contributed by atoms with E-state index in [1.165, 1.54) is 0 Å². The number of likely N-dealkylation sites (N-methyl/N-ethyl adjacent to an activating group) is 1. The van der Waals surface area contributed by atoms with Crippen molar-refractivity contribution < 1.29 is 4.79 Å². The number of aromatic nitrogens is 4. The fourth-order valence-corrected chi connectivity index (χ4v) is 1.79. The van der Waals surface area contributed by atoms with Gasteiger partial charge in [0.1, 0.15) is 6.54 Å². The predicted molar refractivity (Wildman–Crippen MR) is 71.7 cm³/mol. The number of hydrogen-bond acceptors (Lipinski definition) is 4. The van der Waals surface area contributed by atoms with Crippen LogP contribution in [0.4, 0.5) is 5.69 Å². The maximum Gasteiger partial charge on any atom is 0.241 e. The van der Waals surface area contributed by atoms with E-state index in [4.69, 9.17) is 0 Å². The third-order valence-electron chi connectivity index (χ3n) is 2.97. The molecular formula is C12H18N6O. The van der Waals surface area contributed by atoms with Crippen molar-refractivity contribution in [3.8, 4) is 0 Å². The van der Waals surface area contributed by atoms with Gasteiger partial charge in [-0.05, 0) is 13.8 Å². The van der Waals surface area contributed by atoms with Crippen LogP contribution in [-0.4, -0.2) is 32.9 Å². The van der Waals surface area contributed by atoms with Crippen molar-refractivity contribution in [2.45, 2.75) is 26.9 Å². The Morgan fingerprint density at radius 2 is 2.26 bits per heavy atom. The quantitative estimate of drug-likeness (QED) is 0.735. The molecule has 0 aromatic carbocycles. The molecule has 2 heterocycles. The minimum atomic E-state index is -0.0730. The van der Waals surface area contributed by atoms with E-state index in [-0.39, 0.29) is 12.5 Å². The van der Waals surface area contributed by atoms with Crippen molar-refractivity contribution in [3.63, 3.8) is 0 Å². The van der Waals surface area contributed by atoms with Crippen molar-refractivity contribution in [2.24, 2.45) is 0 Å². The number of anilines is 1. The molecule has 0 bridgehead atoms. The lowest BCUT2D eigenvalue weighted by molar-refractivity contribution is -0.121. The molecule has 0 aliphatic heterocycles. The number of rotatable bonds is 5. The molecule has 1 amide bonds. The highest BCUT2D eigenvalue weighted by atomic mass is 16.1. The van der Waals surface area contributed by atoms with Gasteiger partial charge in [0.05, 0.1) is 17.6 Å². The Hall–Kier alpha value is -2.31. The molecule has 0 radical (unpaired) electrons. The number of hydrogen-bond donors (Lipinski definition) is 3. The van der Waals surface area contributed by atoms with Crippen LogP contribution in [0.25, 0.3) is 0 Å². The van der Waals surface area contributed by atoms with Crippen LogP contribution < -0.4 is 10.6 Å². The summed E-state index contributed by atoms with van der Waals surface area (Å²) in [5, 5.41) is 17.0. The molecule has 0 atom stereocenters. The highest BCUT2D eigenvalue weighted by molar-refractivity contribution is 5.75. The van der Waals surface area contributed by atoms with Gasteiger partial charge in [0, 0.05) is 31.0 Å². The Balaban J connectivity index is 1.95. The van der Waals surface area contributed by atoms with E-state index in [0.29, 0.717) is 6.54 Å².